The molecule has 1 atom stereocenters. The van der Waals surface area contributed by atoms with Crippen molar-refractivity contribution in [2.24, 2.45) is 5.92 Å². The number of benzene rings is 1. The number of nitrogens with one attached hydrogen (secondary N) is 2. The average molecular weight is 429 g/mol. The van der Waals surface area contributed by atoms with Crippen LogP contribution in [-0.4, -0.2) is 41.7 Å². The number of fused-ring (bicyclic) bond motifs is 2. The number of ether oxygens (including phenoxy) is 1. The second-order valence-corrected chi connectivity index (χ2v) is 9.86. The van der Waals surface area contributed by atoms with Gasteiger partial charge in [-0.25, -0.2) is 0 Å². The highest BCUT2D eigenvalue weighted by Crippen LogP contribution is 2.45. The van der Waals surface area contributed by atoms with E-state index in [1.54, 1.807) is 7.11 Å². The minimum absolute atomic E-state index is 0.0540. The molecule has 2 aliphatic rings. The Hall–Kier alpha value is -2.32. The fourth-order valence-corrected chi connectivity index (χ4v) is 5.70. The van der Waals surface area contributed by atoms with E-state index in [4.69, 9.17) is 4.74 Å². The standard InChI is InChI=1S/C22H28N4O3S/c1-22(2,23-3)12-9-10-25(11-12)15-8-7-14-17(19(15)29-4)26(13-5-6-13)21-16(18(14)27)20(28)24-30-21/h7-8,12-13,23H,5-6,9-11H2,1-4H3,(H,24,28)/t12-/m1/s1. The topological polar surface area (TPSA) is 79.4 Å². The van der Waals surface area contributed by atoms with Crippen molar-refractivity contribution in [2.75, 3.05) is 32.1 Å². The summed E-state index contributed by atoms with van der Waals surface area (Å²) in [6.07, 6.45) is 3.20. The van der Waals surface area contributed by atoms with Gasteiger partial charge in [0.2, 0.25) is 5.43 Å². The Bertz CT molecular complexity index is 1250. The van der Waals surface area contributed by atoms with E-state index in [1.807, 2.05) is 19.2 Å². The lowest BCUT2D eigenvalue weighted by molar-refractivity contribution is 0.290. The van der Waals surface area contributed by atoms with Gasteiger partial charge in [-0.1, -0.05) is 0 Å². The molecular formula is C22H28N4O3S. The molecule has 30 heavy (non-hydrogen) atoms. The van der Waals surface area contributed by atoms with Gasteiger partial charge in [0.05, 0.1) is 23.7 Å². The first-order valence-corrected chi connectivity index (χ1v) is 11.4. The lowest BCUT2D eigenvalue weighted by Crippen LogP contribution is -2.45. The largest absolute Gasteiger partial charge is 0.492 e. The van der Waals surface area contributed by atoms with Crippen molar-refractivity contribution in [2.45, 2.75) is 44.7 Å². The quantitative estimate of drug-likeness (QED) is 0.653. The number of hydrogen-bond acceptors (Lipinski definition) is 6. The summed E-state index contributed by atoms with van der Waals surface area (Å²) < 4.78 is 10.9. The Balaban J connectivity index is 1.73. The van der Waals surface area contributed by atoms with E-state index in [-0.39, 0.29) is 21.9 Å². The van der Waals surface area contributed by atoms with E-state index in [2.05, 4.69) is 33.0 Å². The number of rotatable bonds is 5. The molecule has 0 amide bonds. The Morgan fingerprint density at radius 2 is 2.00 bits per heavy atom. The average Bonchev–Trinajstić information content (AvgIpc) is 3.30. The lowest BCUT2D eigenvalue weighted by atomic mass is 9.87. The zero-order valence-electron chi connectivity index (χ0n) is 17.9. The summed E-state index contributed by atoms with van der Waals surface area (Å²) in [5, 5.41) is 4.27. The third-order valence-electron chi connectivity index (χ3n) is 7.03. The molecule has 2 fully saturated rings. The van der Waals surface area contributed by atoms with Gasteiger partial charge in [-0.2, -0.15) is 0 Å². The third-order valence-corrected chi connectivity index (χ3v) is 7.92. The van der Waals surface area contributed by atoms with Gasteiger partial charge in [0, 0.05) is 24.7 Å². The molecule has 5 rings (SSSR count). The molecule has 1 saturated carbocycles. The highest BCUT2D eigenvalue weighted by atomic mass is 32.1. The Kier molecular flexibility index (Phi) is 4.48. The maximum Gasteiger partial charge on any atom is 0.271 e. The first-order chi connectivity index (χ1) is 14.4. The van der Waals surface area contributed by atoms with E-state index in [0.29, 0.717) is 17.3 Å². The van der Waals surface area contributed by atoms with Crippen LogP contribution in [0.2, 0.25) is 0 Å². The van der Waals surface area contributed by atoms with Gasteiger partial charge in [0.15, 0.2) is 5.75 Å². The zero-order valence-corrected chi connectivity index (χ0v) is 18.7. The van der Waals surface area contributed by atoms with Gasteiger partial charge in [0.1, 0.15) is 10.2 Å². The SMILES string of the molecule is CNC(C)(C)[C@@H]1CCN(c2ccc3c(=O)c4c(=O)[nH]sc4n(C4CC4)c3c2OC)C1. The number of methoxy groups -OCH3 is 1. The number of pyridine rings is 1. The van der Waals surface area contributed by atoms with Gasteiger partial charge in [-0.05, 0) is 69.7 Å². The second kappa shape index (κ2) is 6.85. The van der Waals surface area contributed by atoms with E-state index >= 15 is 0 Å². The number of H-pyrrole nitrogens is 1. The Morgan fingerprint density at radius 1 is 1.23 bits per heavy atom. The molecule has 2 aromatic heterocycles. The maximum absolute atomic E-state index is 13.2. The monoisotopic (exact) mass is 428 g/mol. The van der Waals surface area contributed by atoms with Gasteiger partial charge in [-0.15, -0.1) is 0 Å². The fourth-order valence-electron chi connectivity index (χ4n) is 4.79. The van der Waals surface area contributed by atoms with Crippen molar-refractivity contribution < 1.29 is 4.74 Å². The van der Waals surface area contributed by atoms with Crippen molar-refractivity contribution in [1.29, 1.82) is 0 Å². The van der Waals surface area contributed by atoms with Gasteiger partial charge in [0.25, 0.3) is 5.56 Å². The number of aromatic amines is 1. The molecule has 1 aliphatic heterocycles. The van der Waals surface area contributed by atoms with Crippen molar-refractivity contribution in [3.8, 4) is 5.75 Å². The first-order valence-electron chi connectivity index (χ1n) is 10.6. The molecule has 8 heteroatoms. The highest BCUT2D eigenvalue weighted by molar-refractivity contribution is 7.12. The van der Waals surface area contributed by atoms with Crippen molar-refractivity contribution >= 4 is 38.3 Å². The van der Waals surface area contributed by atoms with Crippen LogP contribution in [0.1, 0.15) is 39.2 Å². The van der Waals surface area contributed by atoms with Crippen LogP contribution >= 0.6 is 11.5 Å². The lowest BCUT2D eigenvalue weighted by Gasteiger charge is -2.32. The molecule has 1 aliphatic carbocycles. The van der Waals surface area contributed by atoms with Crippen LogP contribution in [0.4, 0.5) is 5.69 Å². The molecule has 0 unspecified atom stereocenters. The third kappa shape index (κ3) is 2.80. The number of nitrogens with zero attached hydrogens (tertiary/aromatic N) is 2. The predicted octanol–water partition coefficient (Wildman–Crippen LogP) is 3.07. The summed E-state index contributed by atoms with van der Waals surface area (Å²) in [6, 6.07) is 4.17. The number of aromatic nitrogens is 2. The van der Waals surface area contributed by atoms with Gasteiger partial charge >= 0.3 is 0 Å². The molecule has 160 valence electrons. The summed E-state index contributed by atoms with van der Waals surface area (Å²) in [7, 11) is 3.69. The molecule has 1 saturated heterocycles. The molecular weight excluding hydrogens is 400 g/mol. The van der Waals surface area contributed by atoms with Crippen LogP contribution in [0.15, 0.2) is 21.7 Å². The van der Waals surface area contributed by atoms with E-state index in [1.165, 1.54) is 11.5 Å². The highest BCUT2D eigenvalue weighted by Gasteiger charge is 2.36. The van der Waals surface area contributed by atoms with Crippen LogP contribution in [0, 0.1) is 5.92 Å². The smallest absolute Gasteiger partial charge is 0.271 e. The summed E-state index contributed by atoms with van der Waals surface area (Å²) in [5.74, 6) is 1.26. The van der Waals surface area contributed by atoms with Crippen molar-refractivity contribution in [3.63, 3.8) is 0 Å². The minimum Gasteiger partial charge on any atom is -0.492 e. The predicted molar refractivity (Wildman–Crippen MR) is 122 cm³/mol. The summed E-state index contributed by atoms with van der Waals surface area (Å²) in [4.78, 5) is 28.6. The second-order valence-electron chi connectivity index (χ2n) is 9.06. The normalized spacial score (nSPS) is 19.9. The van der Waals surface area contributed by atoms with Crippen LogP contribution in [0.3, 0.4) is 0 Å². The molecule has 3 heterocycles. The van der Waals surface area contributed by atoms with Gasteiger partial charge < -0.3 is 19.5 Å². The molecule has 7 nitrogen and oxygen atoms in total. The Labute approximate surface area is 178 Å². The maximum atomic E-state index is 13.2. The molecule has 0 spiro atoms. The summed E-state index contributed by atoms with van der Waals surface area (Å²) in [5.41, 5.74) is 1.39. The van der Waals surface area contributed by atoms with E-state index in [9.17, 15) is 9.59 Å². The van der Waals surface area contributed by atoms with E-state index < -0.39 is 0 Å². The van der Waals surface area contributed by atoms with Crippen molar-refractivity contribution in [1.82, 2.24) is 14.3 Å². The molecule has 3 aromatic rings. The van der Waals surface area contributed by atoms with Crippen LogP contribution < -0.4 is 25.9 Å². The number of anilines is 1. The summed E-state index contributed by atoms with van der Waals surface area (Å²) in [6.45, 7) is 6.37. The molecule has 1 aromatic carbocycles. The fraction of sp³-hybridized carbons (Fsp3) is 0.545. The van der Waals surface area contributed by atoms with E-state index in [0.717, 1.165) is 54.1 Å². The van der Waals surface area contributed by atoms with Crippen LogP contribution in [-0.2, 0) is 0 Å². The molecule has 0 radical (unpaired) electrons. The van der Waals surface area contributed by atoms with Gasteiger partial charge in [-0.3, -0.25) is 14.0 Å². The molecule has 2 N–H and O–H groups in total. The van der Waals surface area contributed by atoms with Crippen LogP contribution in [0.25, 0.3) is 21.1 Å². The first kappa shape index (κ1) is 19.6. The zero-order chi connectivity index (χ0) is 21.2. The minimum atomic E-state index is -0.295. The molecule has 0 bridgehead atoms. The summed E-state index contributed by atoms with van der Waals surface area (Å²) >= 11 is 1.25. The number of hydrogen-bond donors (Lipinski definition) is 2. The Morgan fingerprint density at radius 3 is 2.67 bits per heavy atom. The van der Waals surface area contributed by atoms with Crippen LogP contribution in [0.5, 0.6) is 5.75 Å². The van der Waals surface area contributed by atoms with Crippen molar-refractivity contribution in [3.05, 3.63) is 32.7 Å².